The Kier molecular flexibility index (Phi) is 7.77. The number of hydrogen-bond acceptors (Lipinski definition) is 5. The minimum atomic E-state index is -3.30. The summed E-state index contributed by atoms with van der Waals surface area (Å²) in [7, 11) is -3.30. The quantitative estimate of drug-likeness (QED) is 0.705. The van der Waals surface area contributed by atoms with E-state index >= 15 is 0 Å². The molecule has 1 aromatic rings. The van der Waals surface area contributed by atoms with Crippen LogP contribution in [0.25, 0.3) is 0 Å². The summed E-state index contributed by atoms with van der Waals surface area (Å²) in [4.78, 5) is 12.0. The summed E-state index contributed by atoms with van der Waals surface area (Å²) in [5, 5.41) is 5.84. The average molecular weight is 364 g/mol. The van der Waals surface area contributed by atoms with Gasteiger partial charge >= 0.3 is 0 Å². The summed E-state index contributed by atoms with van der Waals surface area (Å²) < 4.78 is 31.1. The highest BCUT2D eigenvalue weighted by atomic mass is 35.5. The maximum Gasteiger partial charge on any atom is 0.243 e. The van der Waals surface area contributed by atoms with Crippen LogP contribution in [0.2, 0.25) is 0 Å². The third-order valence-corrected chi connectivity index (χ3v) is 4.63. The monoisotopic (exact) mass is 363 g/mol. The number of carbonyl (C=O) groups excluding carboxylic acids is 1. The fraction of sp³-hybridized carbons (Fsp3) is 0.500. The van der Waals surface area contributed by atoms with Crippen molar-refractivity contribution in [3.05, 3.63) is 24.3 Å². The number of benzene rings is 1. The molecule has 0 aliphatic carbocycles. The highest BCUT2D eigenvalue weighted by Crippen LogP contribution is 2.15. The topological polar surface area (TPSA) is 96.5 Å². The molecule has 2 rings (SSSR count). The van der Waals surface area contributed by atoms with Gasteiger partial charge in [-0.15, -0.1) is 12.4 Å². The van der Waals surface area contributed by atoms with Crippen molar-refractivity contribution in [1.82, 2.24) is 5.32 Å². The molecule has 23 heavy (non-hydrogen) atoms. The smallest absolute Gasteiger partial charge is 0.243 e. The molecular formula is C14H22ClN3O4S. The van der Waals surface area contributed by atoms with Gasteiger partial charge in [0, 0.05) is 17.9 Å². The second kappa shape index (κ2) is 9.07. The Hall–Kier alpha value is -1.35. The summed E-state index contributed by atoms with van der Waals surface area (Å²) in [6.07, 6.45) is 0.555. The second-order valence-corrected chi connectivity index (χ2v) is 6.91. The highest BCUT2D eigenvalue weighted by Gasteiger charge is 2.21. The zero-order valence-electron chi connectivity index (χ0n) is 12.9. The van der Waals surface area contributed by atoms with Gasteiger partial charge in [-0.25, -0.2) is 8.42 Å². The summed E-state index contributed by atoms with van der Waals surface area (Å²) in [5.41, 5.74) is 1.08. The van der Waals surface area contributed by atoms with Crippen molar-refractivity contribution in [3.63, 3.8) is 0 Å². The molecule has 1 amide bonds. The predicted octanol–water partition coefficient (Wildman–Crippen LogP) is 1.19. The number of anilines is 2. The first kappa shape index (κ1) is 19.7. The molecule has 1 saturated heterocycles. The molecule has 0 saturated carbocycles. The fourth-order valence-corrected chi connectivity index (χ4v) is 3.22. The van der Waals surface area contributed by atoms with Crippen LogP contribution < -0.4 is 15.4 Å². The van der Waals surface area contributed by atoms with Gasteiger partial charge in [0.1, 0.15) is 6.04 Å². The summed E-state index contributed by atoms with van der Waals surface area (Å²) >= 11 is 0. The Bertz CT molecular complexity index is 601. The summed E-state index contributed by atoms with van der Waals surface area (Å²) in [5.74, 6) is -0.0854. The van der Waals surface area contributed by atoms with E-state index in [-0.39, 0.29) is 30.1 Å². The first-order valence-corrected chi connectivity index (χ1v) is 8.88. The van der Waals surface area contributed by atoms with Crippen LogP contribution in [-0.2, 0) is 19.6 Å². The van der Waals surface area contributed by atoms with Crippen LogP contribution >= 0.6 is 12.4 Å². The maximum atomic E-state index is 12.0. The molecule has 0 radical (unpaired) electrons. The van der Waals surface area contributed by atoms with Crippen LogP contribution in [0.1, 0.15) is 13.3 Å². The minimum absolute atomic E-state index is 0. The van der Waals surface area contributed by atoms with E-state index in [0.29, 0.717) is 37.6 Å². The Morgan fingerprint density at radius 2 is 1.96 bits per heavy atom. The van der Waals surface area contributed by atoms with Gasteiger partial charge in [-0.3, -0.25) is 9.52 Å². The SMILES string of the molecule is CCCS(=O)(=O)Nc1ccc(NC(=O)C2COCCN2)cc1.Cl. The van der Waals surface area contributed by atoms with E-state index in [4.69, 9.17) is 4.74 Å². The van der Waals surface area contributed by atoms with Crippen molar-refractivity contribution in [2.75, 3.05) is 35.6 Å². The number of ether oxygens (including phenoxy) is 1. The first-order chi connectivity index (χ1) is 10.5. The van der Waals surface area contributed by atoms with Gasteiger partial charge in [-0.1, -0.05) is 6.92 Å². The fourth-order valence-electron chi connectivity index (χ4n) is 2.08. The van der Waals surface area contributed by atoms with Gasteiger partial charge in [0.15, 0.2) is 0 Å². The van der Waals surface area contributed by atoms with E-state index in [1.807, 2.05) is 0 Å². The molecule has 1 aromatic carbocycles. The van der Waals surface area contributed by atoms with Gasteiger partial charge in [0.05, 0.1) is 19.0 Å². The van der Waals surface area contributed by atoms with Gasteiger partial charge in [-0.2, -0.15) is 0 Å². The van der Waals surface area contributed by atoms with Gasteiger partial charge in [0.25, 0.3) is 0 Å². The van der Waals surface area contributed by atoms with E-state index in [2.05, 4.69) is 15.4 Å². The largest absolute Gasteiger partial charge is 0.378 e. The molecule has 1 heterocycles. The number of halogens is 1. The molecule has 0 bridgehead atoms. The third kappa shape index (κ3) is 6.34. The molecule has 7 nitrogen and oxygen atoms in total. The molecule has 1 aliphatic heterocycles. The van der Waals surface area contributed by atoms with Gasteiger partial charge < -0.3 is 15.4 Å². The van der Waals surface area contributed by atoms with E-state index in [9.17, 15) is 13.2 Å². The van der Waals surface area contributed by atoms with Crippen LogP contribution in [0, 0.1) is 0 Å². The Balaban J connectivity index is 0.00000264. The molecular weight excluding hydrogens is 342 g/mol. The molecule has 1 atom stereocenters. The lowest BCUT2D eigenvalue weighted by atomic mass is 10.2. The lowest BCUT2D eigenvalue weighted by molar-refractivity contribution is -0.120. The zero-order valence-corrected chi connectivity index (χ0v) is 14.5. The van der Waals surface area contributed by atoms with Crippen LogP contribution in [0.4, 0.5) is 11.4 Å². The van der Waals surface area contributed by atoms with Crippen molar-refractivity contribution in [3.8, 4) is 0 Å². The van der Waals surface area contributed by atoms with Crippen molar-refractivity contribution < 1.29 is 17.9 Å². The lowest BCUT2D eigenvalue weighted by Crippen LogP contribution is -2.48. The number of nitrogens with one attached hydrogen (secondary N) is 3. The Labute approximate surface area is 142 Å². The number of hydrogen-bond donors (Lipinski definition) is 3. The highest BCUT2D eigenvalue weighted by molar-refractivity contribution is 7.92. The lowest BCUT2D eigenvalue weighted by Gasteiger charge is -2.22. The van der Waals surface area contributed by atoms with Gasteiger partial charge in [0.2, 0.25) is 15.9 Å². The number of carbonyl (C=O) groups is 1. The minimum Gasteiger partial charge on any atom is -0.378 e. The van der Waals surface area contributed by atoms with Crippen molar-refractivity contribution in [2.24, 2.45) is 0 Å². The predicted molar refractivity (Wildman–Crippen MR) is 92.6 cm³/mol. The molecule has 1 fully saturated rings. The van der Waals surface area contributed by atoms with Gasteiger partial charge in [-0.05, 0) is 30.7 Å². The molecule has 0 spiro atoms. The van der Waals surface area contributed by atoms with Crippen LogP contribution in [-0.4, -0.2) is 45.9 Å². The van der Waals surface area contributed by atoms with E-state index < -0.39 is 10.0 Å². The second-order valence-electron chi connectivity index (χ2n) is 5.07. The van der Waals surface area contributed by atoms with E-state index in [0.717, 1.165) is 0 Å². The first-order valence-electron chi connectivity index (χ1n) is 7.23. The molecule has 1 unspecified atom stereocenters. The maximum absolute atomic E-state index is 12.0. The van der Waals surface area contributed by atoms with E-state index in [1.165, 1.54) is 0 Å². The van der Waals surface area contributed by atoms with Crippen LogP contribution in [0.3, 0.4) is 0 Å². The number of sulfonamides is 1. The third-order valence-electron chi connectivity index (χ3n) is 3.14. The Morgan fingerprint density at radius 1 is 1.30 bits per heavy atom. The number of amides is 1. The van der Waals surface area contributed by atoms with Crippen LogP contribution in [0.5, 0.6) is 0 Å². The summed E-state index contributed by atoms with van der Waals surface area (Å²) in [6, 6.07) is 6.19. The Morgan fingerprint density at radius 3 is 2.52 bits per heavy atom. The zero-order chi connectivity index (χ0) is 16.0. The molecule has 9 heteroatoms. The van der Waals surface area contributed by atoms with E-state index in [1.54, 1.807) is 31.2 Å². The number of rotatable bonds is 6. The molecule has 1 aliphatic rings. The van der Waals surface area contributed by atoms with Crippen molar-refractivity contribution >= 4 is 39.7 Å². The molecule has 0 aromatic heterocycles. The summed E-state index contributed by atoms with van der Waals surface area (Å²) in [6.45, 7) is 3.41. The van der Waals surface area contributed by atoms with Crippen molar-refractivity contribution in [1.29, 1.82) is 0 Å². The normalized spacial score (nSPS) is 17.9. The standard InChI is InChI=1S/C14H21N3O4S.ClH/c1-2-9-22(19,20)17-12-5-3-11(4-6-12)16-14(18)13-10-21-8-7-15-13;/h3-6,13,15,17H,2,7-10H2,1H3,(H,16,18);1H. The number of morpholine rings is 1. The average Bonchev–Trinajstić information content (AvgIpc) is 2.49. The molecule has 130 valence electrons. The van der Waals surface area contributed by atoms with Crippen LogP contribution in [0.15, 0.2) is 24.3 Å². The molecule has 3 N–H and O–H groups in total. The van der Waals surface area contributed by atoms with Crippen molar-refractivity contribution in [2.45, 2.75) is 19.4 Å².